The monoisotopic (exact) mass is 298 g/mol. The maximum Gasteiger partial charge on any atom is 0.260 e. The molecule has 0 spiro atoms. The number of hydrogen-bond donors (Lipinski definition) is 0. The van der Waals surface area contributed by atoms with E-state index in [0.717, 1.165) is 0 Å². The third-order valence-electron chi connectivity index (χ3n) is 2.07. The highest BCUT2D eigenvalue weighted by atomic mass is 35.7. The first-order valence-electron chi connectivity index (χ1n) is 4.15. The van der Waals surface area contributed by atoms with Gasteiger partial charge in [-0.15, -0.1) is 0 Å². The summed E-state index contributed by atoms with van der Waals surface area (Å²) in [5.74, 6) is 0.373. The average molecular weight is 300 g/mol. The SMILES string of the molecule is O=S(=O)(Cl)C1=Cc2ccc(Cl)c(Cl)c2OC1. The van der Waals surface area contributed by atoms with Crippen LogP contribution >= 0.6 is 33.9 Å². The Bertz CT molecular complexity index is 578. The highest BCUT2D eigenvalue weighted by Crippen LogP contribution is 2.39. The molecule has 0 atom stereocenters. The molecule has 1 aliphatic heterocycles. The first-order chi connectivity index (χ1) is 7.39. The molecule has 3 nitrogen and oxygen atoms in total. The zero-order valence-electron chi connectivity index (χ0n) is 7.71. The van der Waals surface area contributed by atoms with Crippen molar-refractivity contribution in [2.75, 3.05) is 6.61 Å². The van der Waals surface area contributed by atoms with Crippen LogP contribution in [0.2, 0.25) is 10.0 Å². The van der Waals surface area contributed by atoms with Gasteiger partial charge in [-0.05, 0) is 18.2 Å². The molecule has 0 saturated heterocycles. The second-order valence-electron chi connectivity index (χ2n) is 3.12. The first kappa shape index (κ1) is 12.0. The Morgan fingerprint density at radius 3 is 2.56 bits per heavy atom. The van der Waals surface area contributed by atoms with Gasteiger partial charge in [0.25, 0.3) is 9.05 Å². The molecule has 16 heavy (non-hydrogen) atoms. The van der Waals surface area contributed by atoms with E-state index in [1.165, 1.54) is 6.08 Å². The van der Waals surface area contributed by atoms with E-state index in [4.69, 9.17) is 38.6 Å². The van der Waals surface area contributed by atoms with E-state index in [1.807, 2.05) is 0 Å². The molecule has 0 unspecified atom stereocenters. The van der Waals surface area contributed by atoms with Crippen molar-refractivity contribution in [3.8, 4) is 5.75 Å². The predicted octanol–water partition coefficient (Wildman–Crippen LogP) is 3.30. The maximum absolute atomic E-state index is 11.1. The molecule has 0 saturated carbocycles. The summed E-state index contributed by atoms with van der Waals surface area (Å²) >= 11 is 11.7. The molecule has 0 aromatic heterocycles. The van der Waals surface area contributed by atoms with E-state index in [9.17, 15) is 8.42 Å². The topological polar surface area (TPSA) is 43.4 Å². The summed E-state index contributed by atoms with van der Waals surface area (Å²) < 4.78 is 27.4. The zero-order chi connectivity index (χ0) is 11.9. The molecule has 7 heteroatoms. The van der Waals surface area contributed by atoms with E-state index < -0.39 is 9.05 Å². The number of rotatable bonds is 1. The fourth-order valence-corrected chi connectivity index (χ4v) is 2.42. The van der Waals surface area contributed by atoms with Gasteiger partial charge in [0.15, 0.2) is 0 Å². The molecule has 86 valence electrons. The van der Waals surface area contributed by atoms with Crippen molar-refractivity contribution in [3.05, 3.63) is 32.6 Å². The lowest BCUT2D eigenvalue weighted by Crippen LogP contribution is -2.12. The normalized spacial score (nSPS) is 15.1. The van der Waals surface area contributed by atoms with Gasteiger partial charge < -0.3 is 4.74 Å². The lowest BCUT2D eigenvalue weighted by molar-refractivity contribution is 0.354. The lowest BCUT2D eigenvalue weighted by atomic mass is 10.1. The van der Waals surface area contributed by atoms with E-state index in [2.05, 4.69) is 0 Å². The molecule has 1 aromatic carbocycles. The van der Waals surface area contributed by atoms with Crippen molar-refractivity contribution < 1.29 is 13.2 Å². The molecule has 0 bridgehead atoms. The van der Waals surface area contributed by atoms with Crippen LogP contribution in [0.25, 0.3) is 6.08 Å². The fraction of sp³-hybridized carbons (Fsp3) is 0.111. The van der Waals surface area contributed by atoms with Gasteiger partial charge in [-0.3, -0.25) is 0 Å². The molecule has 0 N–H and O–H groups in total. The predicted molar refractivity (Wildman–Crippen MR) is 64.7 cm³/mol. The summed E-state index contributed by atoms with van der Waals surface area (Å²) in [5, 5.41) is 0.618. The van der Waals surface area contributed by atoms with E-state index in [-0.39, 0.29) is 16.5 Å². The number of benzene rings is 1. The zero-order valence-corrected chi connectivity index (χ0v) is 10.8. The molecule has 1 heterocycles. The van der Waals surface area contributed by atoms with Crippen LogP contribution in [0.4, 0.5) is 0 Å². The van der Waals surface area contributed by atoms with Crippen LogP contribution in [-0.4, -0.2) is 15.0 Å². The van der Waals surface area contributed by atoms with E-state index in [0.29, 0.717) is 16.3 Å². The summed E-state index contributed by atoms with van der Waals surface area (Å²) in [5.41, 5.74) is 0.542. The molecule has 0 aliphatic carbocycles. The van der Waals surface area contributed by atoms with Gasteiger partial charge in [0.05, 0.1) is 9.93 Å². The summed E-state index contributed by atoms with van der Waals surface area (Å²) in [7, 11) is 1.46. The van der Waals surface area contributed by atoms with Crippen molar-refractivity contribution in [3.63, 3.8) is 0 Å². The quantitative estimate of drug-likeness (QED) is 0.747. The Morgan fingerprint density at radius 2 is 1.94 bits per heavy atom. The molecule has 0 radical (unpaired) electrons. The van der Waals surface area contributed by atoms with Crippen LogP contribution in [0.5, 0.6) is 5.75 Å². The van der Waals surface area contributed by atoms with Crippen LogP contribution in [0, 0.1) is 0 Å². The third kappa shape index (κ3) is 2.15. The van der Waals surface area contributed by atoms with E-state index in [1.54, 1.807) is 12.1 Å². The number of fused-ring (bicyclic) bond motifs is 1. The van der Waals surface area contributed by atoms with Crippen molar-refractivity contribution in [1.29, 1.82) is 0 Å². The smallest absolute Gasteiger partial charge is 0.260 e. The fourth-order valence-electron chi connectivity index (χ4n) is 1.31. The van der Waals surface area contributed by atoms with Gasteiger partial charge >= 0.3 is 0 Å². The summed E-state index contributed by atoms with van der Waals surface area (Å²) in [6.45, 7) is -0.140. The number of hydrogen-bond acceptors (Lipinski definition) is 3. The van der Waals surface area contributed by atoms with Crippen LogP contribution in [0.1, 0.15) is 5.56 Å². The Kier molecular flexibility index (Phi) is 3.09. The van der Waals surface area contributed by atoms with Crippen LogP contribution < -0.4 is 4.74 Å². The van der Waals surface area contributed by atoms with E-state index >= 15 is 0 Å². The van der Waals surface area contributed by atoms with Gasteiger partial charge in [0.2, 0.25) is 0 Å². The molecule has 0 fully saturated rings. The Hall–Kier alpha value is -0.420. The second-order valence-corrected chi connectivity index (χ2v) is 6.52. The average Bonchev–Trinajstić information content (AvgIpc) is 2.22. The van der Waals surface area contributed by atoms with Gasteiger partial charge in [0.1, 0.15) is 17.4 Å². The first-order valence-corrected chi connectivity index (χ1v) is 7.22. The van der Waals surface area contributed by atoms with Gasteiger partial charge in [-0.25, -0.2) is 8.42 Å². The van der Waals surface area contributed by atoms with Crippen molar-refractivity contribution >= 4 is 49.0 Å². The molecule has 0 amide bonds. The Balaban J connectivity index is 2.59. The minimum absolute atomic E-state index is 0.0000517. The van der Waals surface area contributed by atoms with Gasteiger partial charge in [-0.2, -0.15) is 0 Å². The summed E-state index contributed by atoms with van der Waals surface area (Å²) in [6.07, 6.45) is 1.42. The Morgan fingerprint density at radius 1 is 1.25 bits per heavy atom. The van der Waals surface area contributed by atoms with Crippen LogP contribution in [0.3, 0.4) is 0 Å². The summed E-state index contributed by atoms with van der Waals surface area (Å²) in [6, 6.07) is 3.18. The minimum Gasteiger partial charge on any atom is -0.486 e. The highest BCUT2D eigenvalue weighted by molar-refractivity contribution is 8.17. The number of halogens is 3. The molecule has 2 rings (SSSR count). The van der Waals surface area contributed by atoms with Crippen LogP contribution in [-0.2, 0) is 9.05 Å². The number of ether oxygens (including phenoxy) is 1. The highest BCUT2D eigenvalue weighted by Gasteiger charge is 2.23. The molecule has 1 aliphatic rings. The van der Waals surface area contributed by atoms with Gasteiger partial charge in [0, 0.05) is 16.2 Å². The third-order valence-corrected chi connectivity index (χ3v) is 4.31. The lowest BCUT2D eigenvalue weighted by Gasteiger charge is -2.17. The molecular weight excluding hydrogens is 295 g/mol. The standard InChI is InChI=1S/C9H5Cl3O3S/c10-7-2-1-5-3-6(16(12,13)14)4-15-9(5)8(7)11/h1-3H,4H2. The summed E-state index contributed by atoms with van der Waals surface area (Å²) in [4.78, 5) is 0.0000517. The maximum atomic E-state index is 11.1. The van der Waals surface area contributed by atoms with Crippen LogP contribution in [0.15, 0.2) is 17.0 Å². The van der Waals surface area contributed by atoms with Crippen molar-refractivity contribution in [2.45, 2.75) is 0 Å². The van der Waals surface area contributed by atoms with Crippen molar-refractivity contribution in [1.82, 2.24) is 0 Å². The van der Waals surface area contributed by atoms with Crippen molar-refractivity contribution in [2.24, 2.45) is 0 Å². The van der Waals surface area contributed by atoms with Gasteiger partial charge in [-0.1, -0.05) is 23.2 Å². The molecule has 1 aromatic rings. The largest absolute Gasteiger partial charge is 0.486 e. The Labute approximate surface area is 107 Å². The minimum atomic E-state index is -3.76. The second kappa shape index (κ2) is 4.11. The molecular formula is C9H5Cl3O3S.